The standard InChI is InChI=1S/C16H21NO3/c1-12-8-9-17(11-15(12)18)16(19)7-6-13-4-3-5-14(10-13)20-2/h3-7,10,12,15,18H,8-9,11H2,1-2H3/b7-6+. The average molecular weight is 275 g/mol. The highest BCUT2D eigenvalue weighted by atomic mass is 16.5. The number of piperidine rings is 1. The van der Waals surface area contributed by atoms with Crippen molar-refractivity contribution in [1.82, 2.24) is 4.90 Å². The van der Waals surface area contributed by atoms with E-state index < -0.39 is 6.10 Å². The number of carbonyl (C=O) groups excluding carboxylic acids is 1. The zero-order valence-corrected chi connectivity index (χ0v) is 12.0. The van der Waals surface area contributed by atoms with Gasteiger partial charge < -0.3 is 14.7 Å². The number of ether oxygens (including phenoxy) is 1. The van der Waals surface area contributed by atoms with Crippen molar-refractivity contribution in [3.05, 3.63) is 35.9 Å². The minimum absolute atomic E-state index is 0.0567. The molecule has 0 aliphatic carbocycles. The number of hydrogen-bond donors (Lipinski definition) is 1. The first-order valence-electron chi connectivity index (χ1n) is 6.89. The van der Waals surface area contributed by atoms with Gasteiger partial charge in [0, 0.05) is 19.2 Å². The molecule has 0 aromatic heterocycles. The van der Waals surface area contributed by atoms with E-state index in [1.54, 1.807) is 24.2 Å². The van der Waals surface area contributed by atoms with E-state index in [0.29, 0.717) is 13.1 Å². The molecule has 1 aromatic carbocycles. The fourth-order valence-electron chi connectivity index (χ4n) is 2.27. The second-order valence-electron chi connectivity index (χ2n) is 5.23. The van der Waals surface area contributed by atoms with Crippen LogP contribution in [0.25, 0.3) is 6.08 Å². The van der Waals surface area contributed by atoms with Crippen molar-refractivity contribution < 1.29 is 14.6 Å². The van der Waals surface area contributed by atoms with Gasteiger partial charge in [0.1, 0.15) is 5.75 Å². The van der Waals surface area contributed by atoms with Gasteiger partial charge in [0.15, 0.2) is 0 Å². The SMILES string of the molecule is COc1cccc(/C=C/C(=O)N2CCC(C)C(O)C2)c1. The lowest BCUT2D eigenvalue weighted by Crippen LogP contribution is -2.45. The molecule has 1 heterocycles. The third-order valence-electron chi connectivity index (χ3n) is 3.74. The summed E-state index contributed by atoms with van der Waals surface area (Å²) in [5.74, 6) is 0.974. The molecule has 1 fully saturated rings. The normalized spacial score (nSPS) is 23.1. The molecule has 1 saturated heterocycles. The van der Waals surface area contributed by atoms with Crippen LogP contribution >= 0.6 is 0 Å². The molecule has 108 valence electrons. The number of amides is 1. The van der Waals surface area contributed by atoms with Crippen molar-refractivity contribution in [1.29, 1.82) is 0 Å². The summed E-state index contributed by atoms with van der Waals surface area (Å²) in [7, 11) is 1.62. The summed E-state index contributed by atoms with van der Waals surface area (Å²) in [5.41, 5.74) is 0.920. The van der Waals surface area contributed by atoms with Crippen LogP contribution in [0.2, 0.25) is 0 Å². The fraction of sp³-hybridized carbons (Fsp3) is 0.438. The number of rotatable bonds is 3. The minimum atomic E-state index is -0.419. The van der Waals surface area contributed by atoms with E-state index in [9.17, 15) is 9.90 Å². The van der Waals surface area contributed by atoms with Crippen molar-refractivity contribution >= 4 is 12.0 Å². The van der Waals surface area contributed by atoms with Crippen LogP contribution in [0.4, 0.5) is 0 Å². The lowest BCUT2D eigenvalue weighted by Gasteiger charge is -2.33. The summed E-state index contributed by atoms with van der Waals surface area (Å²) in [6.45, 7) is 3.14. The summed E-state index contributed by atoms with van der Waals surface area (Å²) in [6.07, 6.45) is 3.75. The molecule has 1 aromatic rings. The van der Waals surface area contributed by atoms with Gasteiger partial charge in [0.05, 0.1) is 13.2 Å². The lowest BCUT2D eigenvalue weighted by atomic mass is 9.96. The van der Waals surface area contributed by atoms with E-state index in [4.69, 9.17) is 4.74 Å². The van der Waals surface area contributed by atoms with Gasteiger partial charge in [-0.05, 0) is 36.1 Å². The molecular weight excluding hydrogens is 254 g/mol. The van der Waals surface area contributed by atoms with E-state index in [1.807, 2.05) is 31.2 Å². The highest BCUT2D eigenvalue weighted by Crippen LogP contribution is 2.18. The Kier molecular flexibility index (Phi) is 4.79. The maximum absolute atomic E-state index is 12.1. The Morgan fingerprint density at radius 1 is 1.50 bits per heavy atom. The van der Waals surface area contributed by atoms with E-state index >= 15 is 0 Å². The summed E-state index contributed by atoms with van der Waals surface area (Å²) < 4.78 is 5.14. The molecular formula is C16H21NO3. The summed E-state index contributed by atoms with van der Waals surface area (Å²) in [5, 5.41) is 9.82. The van der Waals surface area contributed by atoms with Crippen molar-refractivity contribution in [2.24, 2.45) is 5.92 Å². The second kappa shape index (κ2) is 6.57. The first-order chi connectivity index (χ1) is 9.60. The maximum atomic E-state index is 12.1. The van der Waals surface area contributed by atoms with Gasteiger partial charge in [-0.3, -0.25) is 4.79 Å². The Labute approximate surface area is 119 Å². The summed E-state index contributed by atoms with van der Waals surface area (Å²) in [4.78, 5) is 13.8. The average Bonchev–Trinajstić information content (AvgIpc) is 2.47. The van der Waals surface area contributed by atoms with Crippen LogP contribution in [0.3, 0.4) is 0 Å². The van der Waals surface area contributed by atoms with Gasteiger partial charge in [-0.1, -0.05) is 19.1 Å². The first-order valence-corrected chi connectivity index (χ1v) is 6.89. The van der Waals surface area contributed by atoms with Crippen molar-refractivity contribution in [2.75, 3.05) is 20.2 Å². The van der Waals surface area contributed by atoms with Crippen LogP contribution < -0.4 is 4.74 Å². The monoisotopic (exact) mass is 275 g/mol. The smallest absolute Gasteiger partial charge is 0.246 e. The molecule has 2 unspecified atom stereocenters. The van der Waals surface area contributed by atoms with E-state index in [2.05, 4.69) is 0 Å². The largest absolute Gasteiger partial charge is 0.497 e. The van der Waals surface area contributed by atoms with E-state index in [1.165, 1.54) is 0 Å². The highest BCUT2D eigenvalue weighted by Gasteiger charge is 2.25. The van der Waals surface area contributed by atoms with Gasteiger partial charge in [-0.2, -0.15) is 0 Å². The number of benzene rings is 1. The summed E-state index contributed by atoms with van der Waals surface area (Å²) >= 11 is 0. The number of hydrogen-bond acceptors (Lipinski definition) is 3. The molecule has 20 heavy (non-hydrogen) atoms. The Morgan fingerprint density at radius 3 is 3.00 bits per heavy atom. The number of aliphatic hydroxyl groups is 1. The maximum Gasteiger partial charge on any atom is 0.246 e. The van der Waals surface area contributed by atoms with Crippen LogP contribution in [0.15, 0.2) is 30.3 Å². The Bertz CT molecular complexity index is 498. The Balaban J connectivity index is 1.98. The van der Waals surface area contributed by atoms with Crippen LogP contribution in [0, 0.1) is 5.92 Å². The van der Waals surface area contributed by atoms with Gasteiger partial charge in [0.25, 0.3) is 0 Å². The molecule has 1 aliphatic heterocycles. The van der Waals surface area contributed by atoms with Crippen molar-refractivity contribution in [3.8, 4) is 5.75 Å². The molecule has 2 rings (SSSR count). The summed E-state index contributed by atoms with van der Waals surface area (Å²) in [6, 6.07) is 7.53. The third kappa shape index (κ3) is 3.61. The zero-order valence-electron chi connectivity index (χ0n) is 12.0. The first kappa shape index (κ1) is 14.6. The molecule has 1 N–H and O–H groups in total. The van der Waals surface area contributed by atoms with Gasteiger partial charge >= 0.3 is 0 Å². The zero-order chi connectivity index (χ0) is 14.5. The number of aliphatic hydroxyl groups excluding tert-OH is 1. The van der Waals surface area contributed by atoms with Crippen LogP contribution in [-0.2, 0) is 4.79 Å². The predicted octanol–water partition coefficient (Wildman–Crippen LogP) is 1.94. The van der Waals surface area contributed by atoms with Gasteiger partial charge in [-0.25, -0.2) is 0 Å². The quantitative estimate of drug-likeness (QED) is 0.858. The Morgan fingerprint density at radius 2 is 2.30 bits per heavy atom. The molecule has 1 amide bonds. The fourth-order valence-corrected chi connectivity index (χ4v) is 2.27. The molecule has 0 saturated carbocycles. The predicted molar refractivity (Wildman–Crippen MR) is 78.4 cm³/mol. The molecule has 0 radical (unpaired) electrons. The van der Waals surface area contributed by atoms with Gasteiger partial charge in [-0.15, -0.1) is 0 Å². The molecule has 4 heteroatoms. The lowest BCUT2D eigenvalue weighted by molar-refractivity contribution is -0.130. The van der Waals surface area contributed by atoms with Crippen LogP contribution in [0.1, 0.15) is 18.9 Å². The highest BCUT2D eigenvalue weighted by molar-refractivity contribution is 5.91. The number of likely N-dealkylation sites (tertiary alicyclic amines) is 1. The van der Waals surface area contributed by atoms with Crippen molar-refractivity contribution in [3.63, 3.8) is 0 Å². The topological polar surface area (TPSA) is 49.8 Å². The third-order valence-corrected chi connectivity index (χ3v) is 3.74. The Hall–Kier alpha value is -1.81. The van der Waals surface area contributed by atoms with Crippen LogP contribution in [0.5, 0.6) is 5.75 Å². The molecule has 0 spiro atoms. The second-order valence-corrected chi connectivity index (χ2v) is 5.23. The molecule has 4 nitrogen and oxygen atoms in total. The number of carbonyl (C=O) groups is 1. The number of methoxy groups -OCH3 is 1. The van der Waals surface area contributed by atoms with E-state index in [-0.39, 0.29) is 11.8 Å². The number of β-amino-alcohol motifs (C(OH)–C–C–N with tert-alkyl or cyclic N) is 1. The number of nitrogens with zero attached hydrogens (tertiary/aromatic N) is 1. The van der Waals surface area contributed by atoms with Crippen LogP contribution in [-0.4, -0.2) is 42.2 Å². The van der Waals surface area contributed by atoms with Crippen molar-refractivity contribution in [2.45, 2.75) is 19.4 Å². The molecule has 1 aliphatic rings. The molecule has 0 bridgehead atoms. The minimum Gasteiger partial charge on any atom is -0.497 e. The molecule has 2 atom stereocenters. The van der Waals surface area contributed by atoms with Gasteiger partial charge in [0.2, 0.25) is 5.91 Å². The van der Waals surface area contributed by atoms with E-state index in [0.717, 1.165) is 17.7 Å².